The van der Waals surface area contributed by atoms with Gasteiger partial charge in [-0.15, -0.1) is 0 Å². The van der Waals surface area contributed by atoms with E-state index >= 15 is 0 Å². The minimum absolute atomic E-state index is 0.214. The van der Waals surface area contributed by atoms with E-state index in [1.54, 1.807) is 0 Å². The topological polar surface area (TPSA) is 65.7 Å². The Bertz CT molecular complexity index is 735. The Labute approximate surface area is 124 Å². The Morgan fingerprint density at radius 3 is 2.48 bits per heavy atom. The summed E-state index contributed by atoms with van der Waals surface area (Å²) < 4.78 is 0. The molecule has 110 valence electrons. The number of Topliss-reactive ketones (excluding diaryl/α,β-unsaturated/α-hetero) is 1. The summed E-state index contributed by atoms with van der Waals surface area (Å²) in [4.78, 5) is 29.5. The smallest absolute Gasteiger partial charge is 0.179 e. The third-order valence-electron chi connectivity index (χ3n) is 4.70. The Balaban J connectivity index is 2.00. The molecule has 21 heavy (non-hydrogen) atoms. The lowest BCUT2D eigenvalue weighted by atomic mass is 10.0. The maximum atomic E-state index is 11.8. The van der Waals surface area contributed by atoms with Crippen molar-refractivity contribution in [1.82, 2.24) is 9.97 Å². The second kappa shape index (κ2) is 5.02. The molecule has 0 amide bonds. The summed E-state index contributed by atoms with van der Waals surface area (Å²) in [6, 6.07) is 0. The van der Waals surface area contributed by atoms with Crippen molar-refractivity contribution in [2.45, 2.75) is 46.5 Å². The predicted molar refractivity (Wildman–Crippen MR) is 81.3 cm³/mol. The van der Waals surface area contributed by atoms with Gasteiger partial charge in [0.1, 0.15) is 0 Å². The zero-order valence-electron chi connectivity index (χ0n) is 12.7. The van der Waals surface area contributed by atoms with E-state index in [0.29, 0.717) is 18.5 Å². The average Bonchev–Trinajstić information content (AvgIpc) is 3.08. The number of nitrogens with one attached hydrogen (secondary N) is 2. The van der Waals surface area contributed by atoms with Crippen molar-refractivity contribution in [3.63, 3.8) is 0 Å². The molecule has 1 aliphatic rings. The molecule has 0 unspecified atom stereocenters. The van der Waals surface area contributed by atoms with Crippen LogP contribution in [0.1, 0.15) is 68.0 Å². The predicted octanol–water partition coefficient (Wildman–Crippen LogP) is 3.05. The monoisotopic (exact) mass is 284 g/mol. The lowest BCUT2D eigenvalue weighted by Crippen LogP contribution is -1.98. The van der Waals surface area contributed by atoms with Crippen molar-refractivity contribution in [2.75, 3.05) is 0 Å². The van der Waals surface area contributed by atoms with E-state index < -0.39 is 0 Å². The third kappa shape index (κ3) is 2.06. The van der Waals surface area contributed by atoms with Crippen molar-refractivity contribution >= 4 is 12.1 Å². The number of carbonyl (C=O) groups excluding carboxylic acids is 2. The molecule has 2 heterocycles. The molecule has 0 spiro atoms. The van der Waals surface area contributed by atoms with Gasteiger partial charge in [0, 0.05) is 24.2 Å². The Morgan fingerprint density at radius 1 is 1.10 bits per heavy atom. The quantitative estimate of drug-likeness (QED) is 0.847. The number of aromatic amines is 2. The summed E-state index contributed by atoms with van der Waals surface area (Å²) in [5.74, 6) is 0.214. The van der Waals surface area contributed by atoms with Crippen LogP contribution in [0.5, 0.6) is 0 Å². The first kappa shape index (κ1) is 13.9. The normalized spacial score (nSPS) is 13.8. The molecule has 0 fully saturated rings. The molecule has 4 heteroatoms. The molecule has 0 aromatic carbocycles. The number of carbonyl (C=O) groups is 2. The maximum Gasteiger partial charge on any atom is 0.179 e. The highest BCUT2D eigenvalue weighted by Crippen LogP contribution is 2.29. The zero-order chi connectivity index (χ0) is 15.1. The Hall–Kier alpha value is -2.10. The number of hydrogen-bond acceptors (Lipinski definition) is 2. The van der Waals surface area contributed by atoms with Crippen molar-refractivity contribution in [1.29, 1.82) is 0 Å². The lowest BCUT2D eigenvalue weighted by Gasteiger charge is -2.04. The molecule has 0 aliphatic heterocycles. The number of aromatic nitrogens is 2. The Kier molecular flexibility index (Phi) is 3.32. The lowest BCUT2D eigenvalue weighted by molar-refractivity contribution is 0.0990. The van der Waals surface area contributed by atoms with Crippen LogP contribution in [0, 0.1) is 13.8 Å². The molecule has 0 atom stereocenters. The van der Waals surface area contributed by atoms with Crippen LogP contribution in [-0.4, -0.2) is 22.0 Å². The summed E-state index contributed by atoms with van der Waals surface area (Å²) in [7, 11) is 0. The van der Waals surface area contributed by atoms with Gasteiger partial charge >= 0.3 is 0 Å². The highest BCUT2D eigenvalue weighted by atomic mass is 16.1. The van der Waals surface area contributed by atoms with Crippen LogP contribution in [0.15, 0.2) is 0 Å². The first-order valence-corrected chi connectivity index (χ1v) is 7.45. The van der Waals surface area contributed by atoms with Gasteiger partial charge < -0.3 is 9.97 Å². The van der Waals surface area contributed by atoms with Gasteiger partial charge in [-0.3, -0.25) is 9.59 Å². The minimum atomic E-state index is 0.214. The Morgan fingerprint density at radius 2 is 1.86 bits per heavy atom. The van der Waals surface area contributed by atoms with Crippen molar-refractivity contribution in [2.24, 2.45) is 0 Å². The van der Waals surface area contributed by atoms with Crippen LogP contribution in [0.4, 0.5) is 0 Å². The van der Waals surface area contributed by atoms with Gasteiger partial charge in [0.15, 0.2) is 12.1 Å². The van der Waals surface area contributed by atoms with E-state index in [1.807, 2.05) is 6.92 Å². The van der Waals surface area contributed by atoms with Gasteiger partial charge in [0.2, 0.25) is 0 Å². The highest BCUT2D eigenvalue weighted by molar-refractivity contribution is 5.99. The van der Waals surface area contributed by atoms with Crippen molar-refractivity contribution < 1.29 is 9.59 Å². The standard InChI is InChI=1S/C17H20N2O2/c1-4-11-9(2)15(8-20)18-14(11)7-13-10(3)12-5-6-16(21)17(12)19-13/h8,18-19H,4-7H2,1-3H3. The summed E-state index contributed by atoms with van der Waals surface area (Å²) in [5, 5.41) is 0. The molecule has 0 saturated heterocycles. The first-order valence-electron chi connectivity index (χ1n) is 7.45. The largest absolute Gasteiger partial charge is 0.355 e. The van der Waals surface area contributed by atoms with Crippen LogP contribution >= 0.6 is 0 Å². The van der Waals surface area contributed by atoms with Gasteiger partial charge in [-0.2, -0.15) is 0 Å². The van der Waals surface area contributed by atoms with E-state index in [9.17, 15) is 9.59 Å². The number of aldehydes is 1. The number of rotatable bonds is 4. The van der Waals surface area contributed by atoms with Gasteiger partial charge in [-0.25, -0.2) is 0 Å². The number of H-pyrrole nitrogens is 2. The zero-order valence-corrected chi connectivity index (χ0v) is 12.7. The summed E-state index contributed by atoms with van der Waals surface area (Å²) >= 11 is 0. The molecule has 2 N–H and O–H groups in total. The number of hydrogen-bond donors (Lipinski definition) is 2. The van der Waals surface area contributed by atoms with Crippen molar-refractivity contribution in [3.05, 3.63) is 45.0 Å². The summed E-state index contributed by atoms with van der Waals surface area (Å²) in [6.07, 6.45) is 3.96. The van der Waals surface area contributed by atoms with Crippen LogP contribution in [0.3, 0.4) is 0 Å². The fourth-order valence-electron chi connectivity index (χ4n) is 3.43. The van der Waals surface area contributed by atoms with Crippen LogP contribution < -0.4 is 0 Å². The fourth-order valence-corrected chi connectivity index (χ4v) is 3.43. The molecule has 2 aromatic rings. The maximum absolute atomic E-state index is 11.8. The van der Waals surface area contributed by atoms with Crippen molar-refractivity contribution in [3.8, 4) is 0 Å². The summed E-state index contributed by atoms with van der Waals surface area (Å²) in [5.41, 5.74) is 8.22. The minimum Gasteiger partial charge on any atom is -0.355 e. The highest BCUT2D eigenvalue weighted by Gasteiger charge is 2.26. The molecule has 4 nitrogen and oxygen atoms in total. The molecule has 1 aliphatic carbocycles. The van der Waals surface area contributed by atoms with E-state index in [4.69, 9.17) is 0 Å². The van der Waals surface area contributed by atoms with Gasteiger partial charge in [0.25, 0.3) is 0 Å². The van der Waals surface area contributed by atoms with Crippen LogP contribution in [0.25, 0.3) is 0 Å². The van der Waals surface area contributed by atoms with E-state index in [2.05, 4.69) is 23.8 Å². The average molecular weight is 284 g/mol. The molecule has 3 rings (SSSR count). The molecule has 0 bridgehead atoms. The summed E-state index contributed by atoms with van der Waals surface area (Å²) in [6.45, 7) is 6.15. The van der Waals surface area contributed by atoms with Crippen LogP contribution in [0.2, 0.25) is 0 Å². The van der Waals surface area contributed by atoms with Crippen LogP contribution in [-0.2, 0) is 19.3 Å². The van der Waals surface area contributed by atoms with Gasteiger partial charge in [-0.05, 0) is 48.9 Å². The fraction of sp³-hybridized carbons (Fsp3) is 0.412. The third-order valence-corrected chi connectivity index (χ3v) is 4.70. The second-order valence-corrected chi connectivity index (χ2v) is 5.77. The number of ketones is 1. The molecular formula is C17H20N2O2. The van der Waals surface area contributed by atoms with E-state index in [0.717, 1.165) is 41.8 Å². The molecule has 0 radical (unpaired) electrons. The van der Waals surface area contributed by atoms with Gasteiger partial charge in [-0.1, -0.05) is 6.92 Å². The molecular weight excluding hydrogens is 264 g/mol. The molecule has 2 aromatic heterocycles. The SMILES string of the molecule is CCc1c(Cc2[nH]c3c(c2C)CCC3=O)[nH]c(C=O)c1C. The van der Waals surface area contributed by atoms with E-state index in [-0.39, 0.29) is 5.78 Å². The molecule has 0 saturated carbocycles. The van der Waals surface area contributed by atoms with E-state index in [1.165, 1.54) is 16.7 Å². The second-order valence-electron chi connectivity index (χ2n) is 5.77. The number of fused-ring (bicyclic) bond motifs is 1. The first-order chi connectivity index (χ1) is 10.1. The van der Waals surface area contributed by atoms with Gasteiger partial charge in [0.05, 0.1) is 11.4 Å².